The van der Waals surface area contributed by atoms with Crippen molar-refractivity contribution in [3.05, 3.63) is 45.7 Å². The van der Waals surface area contributed by atoms with Crippen LogP contribution >= 0.6 is 27.3 Å². The van der Waals surface area contributed by atoms with Crippen LogP contribution in [0.4, 0.5) is 0 Å². The molecule has 20 heavy (non-hydrogen) atoms. The van der Waals surface area contributed by atoms with Gasteiger partial charge in [0.05, 0.1) is 3.79 Å². The Hall–Kier alpha value is -0.890. The van der Waals surface area contributed by atoms with E-state index in [0.29, 0.717) is 17.2 Å². The van der Waals surface area contributed by atoms with Gasteiger partial charge in [-0.3, -0.25) is 0 Å². The van der Waals surface area contributed by atoms with Gasteiger partial charge in [0, 0.05) is 6.54 Å². The molecule has 1 aromatic heterocycles. The molecule has 0 aliphatic rings. The summed E-state index contributed by atoms with van der Waals surface area (Å²) < 4.78 is 27.6. The first-order valence-electron chi connectivity index (χ1n) is 6.00. The first-order chi connectivity index (χ1) is 9.47. The summed E-state index contributed by atoms with van der Waals surface area (Å²) in [5.74, 6) is 0.234. The highest BCUT2D eigenvalue weighted by Crippen LogP contribution is 2.25. The Labute approximate surface area is 130 Å². The van der Waals surface area contributed by atoms with E-state index in [1.807, 2.05) is 12.1 Å². The Morgan fingerprint density at radius 3 is 2.45 bits per heavy atom. The van der Waals surface area contributed by atoms with Gasteiger partial charge in [0.2, 0.25) is 10.0 Å². The zero-order valence-corrected chi connectivity index (χ0v) is 13.8. The highest BCUT2D eigenvalue weighted by Gasteiger charge is 2.15. The van der Waals surface area contributed by atoms with Gasteiger partial charge in [0.25, 0.3) is 0 Å². The number of nitrogens with one attached hydrogen (secondary N) is 1. The number of halogens is 1. The Bertz CT molecular complexity index is 665. The minimum atomic E-state index is -3.40. The van der Waals surface area contributed by atoms with E-state index < -0.39 is 10.0 Å². The van der Waals surface area contributed by atoms with Crippen LogP contribution in [0.3, 0.4) is 0 Å². The van der Waals surface area contributed by atoms with Crippen LogP contribution in [0.15, 0.2) is 44.4 Å². The SMILES string of the molecule is O=S(=O)(NCCCc1ccc(O)cc1)c1ccc(Br)s1. The lowest BCUT2D eigenvalue weighted by molar-refractivity contribution is 0.475. The van der Waals surface area contributed by atoms with Gasteiger partial charge in [-0.05, 0) is 58.6 Å². The first-order valence-corrected chi connectivity index (χ1v) is 9.09. The molecular weight excluding hydrogens is 362 g/mol. The normalized spacial score (nSPS) is 11.7. The quantitative estimate of drug-likeness (QED) is 0.762. The molecule has 0 radical (unpaired) electrons. The Balaban J connectivity index is 1.82. The number of hydrogen-bond donors (Lipinski definition) is 2. The standard InChI is InChI=1S/C13H14BrNO3S2/c14-12-7-8-13(19-12)20(17,18)15-9-1-2-10-3-5-11(16)6-4-10/h3-8,15-16H,1-2,9H2. The molecule has 1 aromatic carbocycles. The number of aromatic hydroxyl groups is 1. The number of benzene rings is 1. The molecule has 0 saturated heterocycles. The summed E-state index contributed by atoms with van der Waals surface area (Å²) in [7, 11) is -3.40. The van der Waals surface area contributed by atoms with Crippen LogP contribution in [0.25, 0.3) is 0 Å². The summed E-state index contributed by atoms with van der Waals surface area (Å²) in [5.41, 5.74) is 1.07. The number of phenols is 1. The van der Waals surface area contributed by atoms with Gasteiger partial charge in [-0.25, -0.2) is 13.1 Å². The molecule has 2 N–H and O–H groups in total. The van der Waals surface area contributed by atoms with Crippen LogP contribution < -0.4 is 4.72 Å². The Morgan fingerprint density at radius 2 is 1.85 bits per heavy atom. The highest BCUT2D eigenvalue weighted by molar-refractivity contribution is 9.11. The van der Waals surface area contributed by atoms with Crippen molar-refractivity contribution in [2.75, 3.05) is 6.54 Å². The molecule has 0 aliphatic heterocycles. The number of sulfonamides is 1. The van der Waals surface area contributed by atoms with Gasteiger partial charge in [-0.1, -0.05) is 12.1 Å². The van der Waals surface area contributed by atoms with Crippen LogP contribution in [-0.4, -0.2) is 20.1 Å². The van der Waals surface area contributed by atoms with Crippen molar-refractivity contribution in [3.8, 4) is 5.75 Å². The van der Waals surface area contributed by atoms with E-state index in [1.165, 1.54) is 11.3 Å². The van der Waals surface area contributed by atoms with Crippen molar-refractivity contribution >= 4 is 37.3 Å². The lowest BCUT2D eigenvalue weighted by Crippen LogP contribution is -2.24. The molecule has 108 valence electrons. The van der Waals surface area contributed by atoms with Gasteiger partial charge in [0.15, 0.2) is 0 Å². The minimum Gasteiger partial charge on any atom is -0.508 e. The van der Waals surface area contributed by atoms with E-state index in [0.717, 1.165) is 15.8 Å². The summed E-state index contributed by atoms with van der Waals surface area (Å²) in [6.45, 7) is 0.388. The van der Waals surface area contributed by atoms with Gasteiger partial charge in [0.1, 0.15) is 9.96 Å². The van der Waals surface area contributed by atoms with E-state index in [9.17, 15) is 8.42 Å². The lowest BCUT2D eigenvalue weighted by atomic mass is 10.1. The number of hydrogen-bond acceptors (Lipinski definition) is 4. The molecular formula is C13H14BrNO3S2. The highest BCUT2D eigenvalue weighted by atomic mass is 79.9. The van der Waals surface area contributed by atoms with E-state index in [1.54, 1.807) is 24.3 Å². The maximum atomic E-state index is 11.9. The zero-order valence-electron chi connectivity index (χ0n) is 10.5. The predicted molar refractivity (Wildman–Crippen MR) is 83.6 cm³/mol. The van der Waals surface area contributed by atoms with E-state index in [-0.39, 0.29) is 5.75 Å². The second-order valence-electron chi connectivity index (χ2n) is 4.23. The third kappa shape index (κ3) is 4.31. The molecule has 1 heterocycles. The van der Waals surface area contributed by atoms with Crippen molar-refractivity contribution in [1.82, 2.24) is 4.72 Å². The van der Waals surface area contributed by atoms with Crippen molar-refractivity contribution in [2.24, 2.45) is 0 Å². The van der Waals surface area contributed by atoms with Crippen molar-refractivity contribution in [3.63, 3.8) is 0 Å². The molecule has 0 spiro atoms. The van der Waals surface area contributed by atoms with Gasteiger partial charge >= 0.3 is 0 Å². The maximum absolute atomic E-state index is 11.9. The second-order valence-corrected chi connectivity index (χ2v) is 8.68. The summed E-state index contributed by atoms with van der Waals surface area (Å²) in [6.07, 6.45) is 1.47. The molecule has 0 amide bonds. The molecule has 0 fully saturated rings. The Kier molecular flexibility index (Phi) is 5.20. The maximum Gasteiger partial charge on any atom is 0.250 e. The first kappa shape index (κ1) is 15.5. The molecule has 0 aliphatic carbocycles. The topological polar surface area (TPSA) is 66.4 Å². The molecule has 2 rings (SSSR count). The molecule has 7 heteroatoms. The third-order valence-corrected chi connectivity index (χ3v) is 6.26. The number of rotatable bonds is 6. The van der Waals surface area contributed by atoms with Gasteiger partial charge in [-0.2, -0.15) is 0 Å². The number of thiophene rings is 1. The lowest BCUT2D eigenvalue weighted by Gasteiger charge is -2.05. The van der Waals surface area contributed by atoms with E-state index in [2.05, 4.69) is 20.7 Å². The smallest absolute Gasteiger partial charge is 0.250 e. The fraction of sp³-hybridized carbons (Fsp3) is 0.231. The fourth-order valence-corrected chi connectivity index (χ4v) is 4.80. The van der Waals surface area contributed by atoms with Crippen molar-refractivity contribution < 1.29 is 13.5 Å². The van der Waals surface area contributed by atoms with Crippen molar-refractivity contribution in [1.29, 1.82) is 0 Å². The molecule has 0 unspecified atom stereocenters. The van der Waals surface area contributed by atoms with Crippen LogP contribution in [0.2, 0.25) is 0 Å². The summed E-state index contributed by atoms with van der Waals surface area (Å²) in [4.78, 5) is 0. The van der Waals surface area contributed by atoms with Crippen molar-refractivity contribution in [2.45, 2.75) is 17.1 Å². The van der Waals surface area contributed by atoms with Gasteiger partial charge < -0.3 is 5.11 Å². The predicted octanol–water partition coefficient (Wildman–Crippen LogP) is 3.13. The second kappa shape index (κ2) is 6.71. The van der Waals surface area contributed by atoms with Gasteiger partial charge in [-0.15, -0.1) is 11.3 Å². The van der Waals surface area contributed by atoms with Crippen LogP contribution in [0, 0.1) is 0 Å². The summed E-state index contributed by atoms with van der Waals surface area (Å²) in [6, 6.07) is 10.2. The average Bonchev–Trinajstić information content (AvgIpc) is 2.84. The molecule has 0 saturated carbocycles. The summed E-state index contributed by atoms with van der Waals surface area (Å²) >= 11 is 4.44. The summed E-state index contributed by atoms with van der Waals surface area (Å²) in [5, 5.41) is 9.17. The monoisotopic (exact) mass is 375 g/mol. The number of phenolic OH excluding ortho intramolecular Hbond substituents is 1. The molecule has 0 bridgehead atoms. The third-order valence-electron chi connectivity index (χ3n) is 2.68. The largest absolute Gasteiger partial charge is 0.508 e. The fourth-order valence-electron chi connectivity index (χ4n) is 1.67. The Morgan fingerprint density at radius 1 is 1.15 bits per heavy atom. The molecule has 0 atom stereocenters. The van der Waals surface area contributed by atoms with Crippen LogP contribution in [0.1, 0.15) is 12.0 Å². The average molecular weight is 376 g/mol. The zero-order chi connectivity index (χ0) is 14.6. The molecule has 4 nitrogen and oxygen atoms in total. The van der Waals surface area contributed by atoms with E-state index in [4.69, 9.17) is 5.11 Å². The number of aryl methyl sites for hydroxylation is 1. The van der Waals surface area contributed by atoms with Crippen LogP contribution in [0.5, 0.6) is 5.75 Å². The van der Waals surface area contributed by atoms with E-state index >= 15 is 0 Å². The molecule has 2 aromatic rings. The minimum absolute atomic E-state index is 0.234. The van der Waals surface area contributed by atoms with Crippen LogP contribution in [-0.2, 0) is 16.4 Å².